The fourth-order valence-corrected chi connectivity index (χ4v) is 4.42. The van der Waals surface area contributed by atoms with Crippen LogP contribution in [0.4, 0.5) is 31.1 Å². The summed E-state index contributed by atoms with van der Waals surface area (Å²) in [6.07, 6.45) is -1.22. The molecule has 0 radical (unpaired) electrons. The Morgan fingerprint density at radius 1 is 1.19 bits per heavy atom. The first-order chi connectivity index (χ1) is 15.0. The van der Waals surface area contributed by atoms with E-state index in [-0.39, 0.29) is 24.2 Å². The Kier molecular flexibility index (Phi) is 7.25. The molecule has 1 N–H and O–H groups in total. The van der Waals surface area contributed by atoms with E-state index in [0.717, 1.165) is 11.8 Å². The minimum atomic E-state index is -4.74. The monoisotopic (exact) mass is 475 g/mol. The SMILES string of the molecule is C#CCN=C1NC(=O)SC1=CC1CCN(Cc2cc(C(F)(F)F)ccc2C(F)(F)F)CC1. The maximum absolute atomic E-state index is 13.3. The summed E-state index contributed by atoms with van der Waals surface area (Å²) in [7, 11) is 0. The molecule has 11 heteroatoms. The highest BCUT2D eigenvalue weighted by atomic mass is 32.2. The summed E-state index contributed by atoms with van der Waals surface area (Å²) in [5.74, 6) is 2.82. The number of aliphatic imine (C=N–C) groups is 1. The van der Waals surface area contributed by atoms with Gasteiger partial charge in [-0.2, -0.15) is 26.3 Å². The molecule has 172 valence electrons. The number of alkyl halides is 6. The van der Waals surface area contributed by atoms with E-state index >= 15 is 0 Å². The van der Waals surface area contributed by atoms with Crippen LogP contribution in [0.2, 0.25) is 0 Å². The lowest BCUT2D eigenvalue weighted by Crippen LogP contribution is -2.33. The van der Waals surface area contributed by atoms with Crippen molar-refractivity contribution in [1.82, 2.24) is 10.2 Å². The molecular formula is C21H19F6N3OS. The van der Waals surface area contributed by atoms with E-state index in [1.165, 1.54) is 0 Å². The zero-order chi connectivity index (χ0) is 23.5. The van der Waals surface area contributed by atoms with Crippen LogP contribution in [0.25, 0.3) is 0 Å². The number of thioether (sulfide) groups is 1. The number of amides is 1. The van der Waals surface area contributed by atoms with Crippen LogP contribution in [0.1, 0.15) is 29.5 Å². The Labute approximate surface area is 185 Å². The van der Waals surface area contributed by atoms with E-state index < -0.39 is 29.0 Å². The lowest BCUT2D eigenvalue weighted by atomic mass is 9.95. The molecule has 0 bridgehead atoms. The van der Waals surface area contributed by atoms with Crippen LogP contribution in [-0.2, 0) is 18.9 Å². The van der Waals surface area contributed by atoms with Crippen LogP contribution in [0, 0.1) is 18.3 Å². The van der Waals surface area contributed by atoms with Crippen molar-refractivity contribution in [3.63, 3.8) is 0 Å². The van der Waals surface area contributed by atoms with Gasteiger partial charge in [-0.15, -0.1) is 6.42 Å². The molecule has 0 aliphatic carbocycles. The van der Waals surface area contributed by atoms with Crippen molar-refractivity contribution >= 4 is 22.8 Å². The van der Waals surface area contributed by atoms with E-state index in [2.05, 4.69) is 16.2 Å². The first-order valence-corrected chi connectivity index (χ1v) is 10.5. The summed E-state index contributed by atoms with van der Waals surface area (Å²) in [6.45, 7) is 0.700. The molecule has 2 aliphatic heterocycles. The summed E-state index contributed by atoms with van der Waals surface area (Å²) in [5.41, 5.74) is -2.56. The zero-order valence-electron chi connectivity index (χ0n) is 16.7. The number of likely N-dealkylation sites (tertiary alicyclic amines) is 1. The first kappa shape index (κ1) is 24.2. The Morgan fingerprint density at radius 2 is 1.88 bits per heavy atom. The third-order valence-corrected chi connectivity index (χ3v) is 5.97. The van der Waals surface area contributed by atoms with Crippen molar-refractivity contribution in [3.05, 3.63) is 45.9 Å². The molecule has 32 heavy (non-hydrogen) atoms. The molecule has 2 heterocycles. The first-order valence-electron chi connectivity index (χ1n) is 9.66. The van der Waals surface area contributed by atoms with Gasteiger partial charge in [0.25, 0.3) is 5.24 Å². The normalized spacial score (nSPS) is 21.2. The quantitative estimate of drug-likeness (QED) is 0.474. The smallest absolute Gasteiger partial charge is 0.300 e. The van der Waals surface area contributed by atoms with Gasteiger partial charge < -0.3 is 5.32 Å². The number of amidine groups is 1. The maximum Gasteiger partial charge on any atom is 0.416 e. The van der Waals surface area contributed by atoms with E-state index in [1.54, 1.807) is 4.90 Å². The van der Waals surface area contributed by atoms with Crippen molar-refractivity contribution < 1.29 is 31.1 Å². The Bertz CT molecular complexity index is 969. The summed E-state index contributed by atoms with van der Waals surface area (Å²) in [6, 6.07) is 1.53. The predicted molar refractivity (Wildman–Crippen MR) is 110 cm³/mol. The molecule has 2 aliphatic rings. The van der Waals surface area contributed by atoms with Crippen LogP contribution >= 0.6 is 11.8 Å². The molecular weight excluding hydrogens is 456 g/mol. The number of rotatable bonds is 4. The molecule has 0 spiro atoms. The molecule has 3 rings (SSSR count). The molecule has 0 atom stereocenters. The maximum atomic E-state index is 13.3. The van der Waals surface area contributed by atoms with Crippen molar-refractivity contribution in [2.45, 2.75) is 31.7 Å². The average molecular weight is 475 g/mol. The van der Waals surface area contributed by atoms with Gasteiger partial charge in [-0.25, -0.2) is 0 Å². The molecule has 2 saturated heterocycles. The van der Waals surface area contributed by atoms with Crippen LogP contribution in [0.3, 0.4) is 0 Å². The number of carbonyl (C=O) groups excluding carboxylic acids is 1. The number of piperidine rings is 1. The average Bonchev–Trinajstić information content (AvgIpc) is 3.05. The van der Waals surface area contributed by atoms with Crippen LogP contribution in [0.15, 0.2) is 34.2 Å². The van der Waals surface area contributed by atoms with Gasteiger partial charge in [-0.1, -0.05) is 12.0 Å². The fraction of sp³-hybridized carbons (Fsp3) is 0.429. The number of nitrogens with zero attached hydrogens (tertiary/aromatic N) is 2. The standard InChI is InChI=1S/C21H19F6N3OS/c1-2-7-28-18-17(32-19(31)29-18)10-13-5-8-30(9-6-13)12-14-11-15(20(22,23)24)3-4-16(14)21(25,26)27/h1,3-4,10-11,13H,5-9,12H2,(H,28,29,31). The van der Waals surface area contributed by atoms with Crippen LogP contribution < -0.4 is 5.32 Å². The largest absolute Gasteiger partial charge is 0.416 e. The third kappa shape index (κ3) is 6.07. The second-order valence-corrected chi connectivity index (χ2v) is 8.41. The van der Waals surface area contributed by atoms with Gasteiger partial charge >= 0.3 is 12.4 Å². The van der Waals surface area contributed by atoms with Gasteiger partial charge in [0, 0.05) is 6.54 Å². The second kappa shape index (κ2) is 9.58. The van der Waals surface area contributed by atoms with E-state index in [4.69, 9.17) is 6.42 Å². The summed E-state index contributed by atoms with van der Waals surface area (Å²) < 4.78 is 78.9. The van der Waals surface area contributed by atoms with Gasteiger partial charge in [0.05, 0.1) is 16.0 Å². The molecule has 0 aromatic heterocycles. The molecule has 0 unspecified atom stereocenters. The summed E-state index contributed by atoms with van der Waals surface area (Å²) in [5, 5.41) is 2.34. The Balaban J connectivity index is 1.70. The van der Waals surface area contributed by atoms with Gasteiger partial charge in [0.1, 0.15) is 12.4 Å². The highest BCUT2D eigenvalue weighted by molar-refractivity contribution is 8.18. The molecule has 0 saturated carbocycles. The molecule has 4 nitrogen and oxygen atoms in total. The van der Waals surface area contributed by atoms with Crippen LogP contribution in [-0.4, -0.2) is 35.6 Å². The summed E-state index contributed by atoms with van der Waals surface area (Å²) >= 11 is 0.996. The number of halogens is 6. The van der Waals surface area contributed by atoms with Gasteiger partial charge in [-0.05, 0) is 67.4 Å². The number of terminal acetylenes is 1. The Hall–Kier alpha value is -2.45. The molecule has 1 aromatic rings. The van der Waals surface area contributed by atoms with E-state index in [0.29, 0.717) is 54.9 Å². The Morgan fingerprint density at radius 3 is 2.47 bits per heavy atom. The fourth-order valence-electron chi connectivity index (χ4n) is 3.60. The second-order valence-electron chi connectivity index (χ2n) is 7.40. The lowest BCUT2D eigenvalue weighted by molar-refractivity contribution is -0.142. The van der Waals surface area contributed by atoms with E-state index in [9.17, 15) is 31.1 Å². The van der Waals surface area contributed by atoms with Gasteiger partial charge in [0.15, 0.2) is 0 Å². The predicted octanol–water partition coefficient (Wildman–Crippen LogP) is 5.31. The molecule has 2 fully saturated rings. The summed E-state index contributed by atoms with van der Waals surface area (Å²) in [4.78, 5) is 18.1. The lowest BCUT2D eigenvalue weighted by Gasteiger charge is -2.31. The minimum absolute atomic E-state index is 0.0566. The van der Waals surface area contributed by atoms with Crippen molar-refractivity contribution in [1.29, 1.82) is 0 Å². The van der Waals surface area contributed by atoms with Crippen molar-refractivity contribution in [2.75, 3.05) is 19.6 Å². The molecule has 1 aromatic carbocycles. The van der Waals surface area contributed by atoms with Crippen molar-refractivity contribution in [2.24, 2.45) is 10.9 Å². The number of benzene rings is 1. The number of nitrogens with one attached hydrogen (secondary N) is 1. The minimum Gasteiger partial charge on any atom is -0.300 e. The van der Waals surface area contributed by atoms with Crippen molar-refractivity contribution in [3.8, 4) is 12.3 Å². The number of hydrogen-bond acceptors (Lipinski definition) is 4. The molecule has 1 amide bonds. The van der Waals surface area contributed by atoms with Gasteiger partial charge in [-0.3, -0.25) is 14.7 Å². The third-order valence-electron chi connectivity index (χ3n) is 5.14. The highest BCUT2D eigenvalue weighted by Gasteiger charge is 2.37. The van der Waals surface area contributed by atoms with E-state index in [1.807, 2.05) is 6.08 Å². The highest BCUT2D eigenvalue weighted by Crippen LogP contribution is 2.37. The topological polar surface area (TPSA) is 44.7 Å². The zero-order valence-corrected chi connectivity index (χ0v) is 17.5. The number of allylic oxidation sites excluding steroid dienone is 1. The number of carbonyl (C=O) groups is 1. The van der Waals surface area contributed by atoms with Gasteiger partial charge in [0.2, 0.25) is 0 Å². The number of hydrogen-bond donors (Lipinski definition) is 1. The van der Waals surface area contributed by atoms with Crippen LogP contribution in [0.5, 0.6) is 0 Å².